The molecule has 17 heavy (non-hydrogen) atoms. The van der Waals surface area contributed by atoms with Crippen molar-refractivity contribution in [3.8, 4) is 11.5 Å². The first-order valence-electron chi connectivity index (χ1n) is 5.64. The van der Waals surface area contributed by atoms with Crippen LogP contribution in [0.4, 0.5) is 0 Å². The number of para-hydroxylation sites is 2. The third kappa shape index (κ3) is 2.58. The van der Waals surface area contributed by atoms with Crippen LogP contribution in [-0.2, 0) is 13.2 Å². The van der Waals surface area contributed by atoms with Crippen LogP contribution in [0.25, 0.3) is 0 Å². The van der Waals surface area contributed by atoms with Crippen molar-refractivity contribution in [2.75, 3.05) is 0 Å². The topological polar surface area (TPSA) is 47.3 Å². The lowest BCUT2D eigenvalue weighted by molar-refractivity contribution is 0.285. The first kappa shape index (κ1) is 11.5. The van der Waals surface area contributed by atoms with Gasteiger partial charge >= 0.3 is 0 Å². The SMILES string of the molecule is CCn1cc(COc2ccccc2O)nc1C. The Morgan fingerprint density at radius 1 is 1.35 bits per heavy atom. The molecular weight excluding hydrogens is 216 g/mol. The molecule has 4 nitrogen and oxygen atoms in total. The van der Waals surface area contributed by atoms with Crippen LogP contribution in [-0.4, -0.2) is 14.7 Å². The second kappa shape index (κ2) is 4.91. The molecule has 1 aromatic heterocycles. The van der Waals surface area contributed by atoms with Crippen LogP contribution in [0.2, 0.25) is 0 Å². The summed E-state index contributed by atoms with van der Waals surface area (Å²) >= 11 is 0. The summed E-state index contributed by atoms with van der Waals surface area (Å²) < 4.78 is 7.57. The minimum Gasteiger partial charge on any atom is -0.504 e. The minimum atomic E-state index is 0.152. The van der Waals surface area contributed by atoms with E-state index in [2.05, 4.69) is 16.5 Å². The number of imidazole rings is 1. The first-order valence-corrected chi connectivity index (χ1v) is 5.64. The molecule has 0 amide bonds. The van der Waals surface area contributed by atoms with Gasteiger partial charge in [0.15, 0.2) is 11.5 Å². The molecule has 1 aromatic carbocycles. The number of aromatic hydroxyl groups is 1. The van der Waals surface area contributed by atoms with Gasteiger partial charge in [0.25, 0.3) is 0 Å². The molecule has 0 saturated carbocycles. The van der Waals surface area contributed by atoms with Gasteiger partial charge in [-0.3, -0.25) is 0 Å². The normalized spacial score (nSPS) is 10.5. The Labute approximate surface area is 100 Å². The number of nitrogens with zero attached hydrogens (tertiary/aromatic N) is 2. The summed E-state index contributed by atoms with van der Waals surface area (Å²) in [4.78, 5) is 4.38. The molecule has 0 unspecified atom stereocenters. The van der Waals surface area contributed by atoms with Gasteiger partial charge in [-0.05, 0) is 26.0 Å². The van der Waals surface area contributed by atoms with E-state index in [0.717, 1.165) is 18.1 Å². The molecule has 1 heterocycles. The molecule has 2 aromatic rings. The lowest BCUT2D eigenvalue weighted by atomic mass is 10.3. The van der Waals surface area contributed by atoms with E-state index >= 15 is 0 Å². The van der Waals surface area contributed by atoms with E-state index in [1.807, 2.05) is 19.2 Å². The van der Waals surface area contributed by atoms with Gasteiger partial charge in [0.05, 0.1) is 5.69 Å². The van der Waals surface area contributed by atoms with Crippen LogP contribution in [0.15, 0.2) is 30.5 Å². The van der Waals surface area contributed by atoms with Crippen molar-refractivity contribution in [1.29, 1.82) is 0 Å². The molecule has 0 fully saturated rings. The second-order valence-corrected chi connectivity index (χ2v) is 3.82. The number of ether oxygens (including phenoxy) is 1. The Hall–Kier alpha value is -1.97. The number of hydrogen-bond donors (Lipinski definition) is 1. The molecule has 0 aliphatic heterocycles. The Balaban J connectivity index is 2.05. The zero-order valence-corrected chi connectivity index (χ0v) is 10.1. The first-order chi connectivity index (χ1) is 8.20. The highest BCUT2D eigenvalue weighted by atomic mass is 16.5. The number of phenols is 1. The van der Waals surface area contributed by atoms with Gasteiger partial charge in [0, 0.05) is 12.7 Å². The van der Waals surface area contributed by atoms with Crippen molar-refractivity contribution in [2.45, 2.75) is 27.0 Å². The lowest BCUT2D eigenvalue weighted by Gasteiger charge is -2.05. The van der Waals surface area contributed by atoms with Gasteiger partial charge in [-0.1, -0.05) is 12.1 Å². The zero-order valence-electron chi connectivity index (χ0n) is 10.1. The van der Waals surface area contributed by atoms with Crippen molar-refractivity contribution in [1.82, 2.24) is 9.55 Å². The van der Waals surface area contributed by atoms with Gasteiger partial charge in [-0.25, -0.2) is 4.98 Å². The fourth-order valence-electron chi connectivity index (χ4n) is 1.69. The monoisotopic (exact) mass is 232 g/mol. The highest BCUT2D eigenvalue weighted by molar-refractivity contribution is 5.37. The number of aromatic nitrogens is 2. The van der Waals surface area contributed by atoms with Gasteiger partial charge in [-0.2, -0.15) is 0 Å². The van der Waals surface area contributed by atoms with E-state index in [9.17, 15) is 5.11 Å². The van der Waals surface area contributed by atoms with Crippen LogP contribution in [0, 0.1) is 6.92 Å². The summed E-state index contributed by atoms with van der Waals surface area (Å²) in [6.45, 7) is 5.30. The van der Waals surface area contributed by atoms with Crippen molar-refractivity contribution < 1.29 is 9.84 Å². The van der Waals surface area contributed by atoms with E-state index in [1.165, 1.54) is 0 Å². The Kier molecular flexibility index (Phi) is 3.32. The summed E-state index contributed by atoms with van der Waals surface area (Å²) in [6, 6.07) is 6.92. The molecule has 2 rings (SSSR count). The molecule has 0 radical (unpaired) electrons. The third-order valence-electron chi connectivity index (χ3n) is 2.61. The maximum atomic E-state index is 9.54. The van der Waals surface area contributed by atoms with Crippen molar-refractivity contribution in [3.63, 3.8) is 0 Å². The predicted molar refractivity (Wildman–Crippen MR) is 65.1 cm³/mol. The number of hydrogen-bond acceptors (Lipinski definition) is 3. The van der Waals surface area contributed by atoms with Crippen LogP contribution in [0.3, 0.4) is 0 Å². The largest absolute Gasteiger partial charge is 0.504 e. The van der Waals surface area contributed by atoms with E-state index in [-0.39, 0.29) is 5.75 Å². The van der Waals surface area contributed by atoms with E-state index in [1.54, 1.807) is 18.2 Å². The van der Waals surface area contributed by atoms with Gasteiger partial charge in [0.2, 0.25) is 0 Å². The number of phenolic OH excluding ortho intramolecular Hbond substituents is 1. The van der Waals surface area contributed by atoms with Crippen LogP contribution in [0.5, 0.6) is 11.5 Å². The average molecular weight is 232 g/mol. The quantitative estimate of drug-likeness (QED) is 0.881. The molecule has 90 valence electrons. The van der Waals surface area contributed by atoms with E-state index in [4.69, 9.17) is 4.74 Å². The molecule has 0 bridgehead atoms. The van der Waals surface area contributed by atoms with E-state index in [0.29, 0.717) is 12.4 Å². The van der Waals surface area contributed by atoms with Crippen LogP contribution >= 0.6 is 0 Å². The summed E-state index contributed by atoms with van der Waals surface area (Å²) in [5.41, 5.74) is 0.868. The third-order valence-corrected chi connectivity index (χ3v) is 2.61. The minimum absolute atomic E-state index is 0.152. The molecule has 0 atom stereocenters. The maximum absolute atomic E-state index is 9.54. The molecular formula is C13H16N2O2. The number of aryl methyl sites for hydroxylation is 2. The average Bonchev–Trinajstić information content (AvgIpc) is 2.69. The highest BCUT2D eigenvalue weighted by Crippen LogP contribution is 2.25. The van der Waals surface area contributed by atoms with Gasteiger partial charge < -0.3 is 14.4 Å². The van der Waals surface area contributed by atoms with Gasteiger partial charge in [0.1, 0.15) is 12.4 Å². The van der Waals surface area contributed by atoms with Crippen molar-refractivity contribution >= 4 is 0 Å². The van der Waals surface area contributed by atoms with E-state index < -0.39 is 0 Å². The molecule has 0 aliphatic rings. The smallest absolute Gasteiger partial charge is 0.161 e. The molecule has 0 saturated heterocycles. The Bertz CT molecular complexity index is 506. The lowest BCUT2D eigenvalue weighted by Crippen LogP contribution is -1.96. The predicted octanol–water partition coefficient (Wildman–Crippen LogP) is 2.50. The summed E-state index contributed by atoms with van der Waals surface area (Å²) in [5.74, 6) is 1.61. The summed E-state index contributed by atoms with van der Waals surface area (Å²) in [5, 5.41) is 9.54. The van der Waals surface area contributed by atoms with Crippen molar-refractivity contribution in [2.24, 2.45) is 0 Å². The van der Waals surface area contributed by atoms with Crippen LogP contribution in [0.1, 0.15) is 18.4 Å². The second-order valence-electron chi connectivity index (χ2n) is 3.82. The fourth-order valence-corrected chi connectivity index (χ4v) is 1.69. The number of benzene rings is 1. The summed E-state index contributed by atoms with van der Waals surface area (Å²) in [6.07, 6.45) is 1.97. The molecule has 1 N–H and O–H groups in total. The molecule has 0 spiro atoms. The maximum Gasteiger partial charge on any atom is 0.161 e. The van der Waals surface area contributed by atoms with Crippen LogP contribution < -0.4 is 4.74 Å². The van der Waals surface area contributed by atoms with Crippen molar-refractivity contribution in [3.05, 3.63) is 42.0 Å². The Morgan fingerprint density at radius 3 is 2.76 bits per heavy atom. The standard InChI is InChI=1S/C13H16N2O2/c1-3-15-8-11(14-10(15)2)9-17-13-7-5-4-6-12(13)16/h4-8,16H,3,9H2,1-2H3. The molecule has 4 heteroatoms. The van der Waals surface area contributed by atoms with Gasteiger partial charge in [-0.15, -0.1) is 0 Å². The zero-order chi connectivity index (χ0) is 12.3. The molecule has 0 aliphatic carbocycles. The highest BCUT2D eigenvalue weighted by Gasteiger charge is 2.05. The Morgan fingerprint density at radius 2 is 2.12 bits per heavy atom. The fraction of sp³-hybridized carbons (Fsp3) is 0.308. The number of rotatable bonds is 4. The summed E-state index contributed by atoms with van der Waals surface area (Å²) in [7, 11) is 0.